The van der Waals surface area contributed by atoms with Crippen molar-refractivity contribution in [2.75, 3.05) is 66.1 Å². The van der Waals surface area contributed by atoms with E-state index in [2.05, 4.69) is 108 Å². The summed E-state index contributed by atoms with van der Waals surface area (Å²) in [6.07, 6.45) is 0. The summed E-state index contributed by atoms with van der Waals surface area (Å²) in [4.78, 5) is 0. The van der Waals surface area contributed by atoms with Crippen LogP contribution in [-0.4, -0.2) is 66.1 Å². The van der Waals surface area contributed by atoms with Gasteiger partial charge in [0.05, 0.1) is 66.1 Å². The van der Waals surface area contributed by atoms with E-state index >= 15 is 0 Å². The molecule has 1 fully saturated rings. The molecule has 5 rings (SSSR count). The Kier molecular flexibility index (Phi) is 14.8. The first kappa shape index (κ1) is 37.5. The Morgan fingerprint density at radius 2 is 0.889 bits per heavy atom. The van der Waals surface area contributed by atoms with E-state index in [1.807, 2.05) is 0 Å². The summed E-state index contributed by atoms with van der Waals surface area (Å²) in [6.45, 7) is 19.1. The molecule has 0 atom stereocenters. The van der Waals surface area contributed by atoms with Gasteiger partial charge in [0.15, 0.2) is 0 Å². The average molecular weight is 625 g/mol. The van der Waals surface area contributed by atoms with Gasteiger partial charge in [-0.05, 0) is 60.7 Å². The van der Waals surface area contributed by atoms with Crippen LogP contribution in [0.4, 0.5) is 0 Å². The third-order valence-corrected chi connectivity index (χ3v) is 7.66. The van der Waals surface area contributed by atoms with Gasteiger partial charge in [0.25, 0.3) is 0 Å². The number of rotatable bonds is 1. The molecule has 6 nitrogen and oxygen atoms in total. The van der Waals surface area contributed by atoms with Gasteiger partial charge in [-0.15, -0.1) is 0 Å². The van der Waals surface area contributed by atoms with Gasteiger partial charge in [-0.3, -0.25) is 0 Å². The molecule has 1 heterocycles. The van der Waals surface area contributed by atoms with E-state index in [-0.39, 0.29) is 46.1 Å². The zero-order valence-corrected chi connectivity index (χ0v) is 30.4. The van der Waals surface area contributed by atoms with Gasteiger partial charge < -0.3 is 28.8 Å². The fourth-order valence-electron chi connectivity index (χ4n) is 5.21. The SMILES string of the molecule is C1COCCOCCOCCOCCO1.CC(C)(C)c1cc(-c2c3ccccc3cc3ccccc23)c([O-])c(C(C)(C)C)c1.[Na+]. The summed E-state index contributed by atoms with van der Waals surface area (Å²) in [7, 11) is 0. The predicted molar refractivity (Wildman–Crippen MR) is 178 cm³/mol. The molecule has 4 aromatic carbocycles. The molecule has 0 N–H and O–H groups in total. The molecule has 7 heteroatoms. The normalized spacial score (nSPS) is 16.1. The number of ether oxygens (including phenoxy) is 5. The van der Waals surface area contributed by atoms with Crippen molar-refractivity contribution in [3.8, 4) is 16.9 Å². The molecule has 1 saturated heterocycles. The van der Waals surface area contributed by atoms with Gasteiger partial charge >= 0.3 is 29.6 Å². The average Bonchev–Trinajstić information content (AvgIpc) is 2.99. The maximum Gasteiger partial charge on any atom is 1.00 e. The molecule has 1 aliphatic rings. The first-order chi connectivity index (χ1) is 21.1. The van der Waals surface area contributed by atoms with E-state index in [1.165, 1.54) is 16.3 Å². The second kappa shape index (κ2) is 17.8. The van der Waals surface area contributed by atoms with Crippen molar-refractivity contribution in [1.82, 2.24) is 0 Å². The van der Waals surface area contributed by atoms with Crippen molar-refractivity contribution in [3.05, 3.63) is 77.9 Å². The minimum absolute atomic E-state index is 0. The van der Waals surface area contributed by atoms with Crippen LogP contribution in [0.1, 0.15) is 52.7 Å². The number of benzene rings is 4. The fraction of sp³-hybridized carbons (Fsp3) is 0.474. The first-order valence-electron chi connectivity index (χ1n) is 15.7. The second-order valence-corrected chi connectivity index (χ2v) is 13.2. The van der Waals surface area contributed by atoms with Crippen LogP contribution >= 0.6 is 0 Å². The van der Waals surface area contributed by atoms with Gasteiger partial charge in [-0.2, -0.15) is 0 Å². The predicted octanol–water partition coefficient (Wildman–Crippen LogP) is 4.42. The van der Waals surface area contributed by atoms with Crippen molar-refractivity contribution in [3.63, 3.8) is 0 Å². The van der Waals surface area contributed by atoms with E-state index in [0.717, 1.165) is 27.5 Å². The van der Waals surface area contributed by atoms with Crippen molar-refractivity contribution in [2.45, 2.75) is 52.4 Å². The Hall–Kier alpha value is -2.00. The molecule has 1 aliphatic heterocycles. The van der Waals surface area contributed by atoms with E-state index < -0.39 is 0 Å². The standard InChI is InChI=1S/C28H30O.C10H20O5.Na/c1-27(2,3)20-16-23(26(29)24(17-20)28(4,5)6)25-21-13-9-7-11-18(21)15-19-12-8-10-14-22(19)25;1-2-12-5-6-14-9-10-15-8-7-13-4-3-11-1;/h7-17,29H,1-6H3;1-10H2;/q;;+1/p-1. The van der Waals surface area contributed by atoms with Crippen LogP contribution in [-0.2, 0) is 34.5 Å². The zero-order chi connectivity index (χ0) is 31.6. The van der Waals surface area contributed by atoms with Gasteiger partial charge in [0.1, 0.15) is 0 Å². The van der Waals surface area contributed by atoms with Crippen LogP contribution in [0.3, 0.4) is 0 Å². The Morgan fingerprint density at radius 3 is 1.24 bits per heavy atom. The minimum Gasteiger partial charge on any atom is -0.872 e. The Balaban J connectivity index is 0.000000294. The molecular weight excluding hydrogens is 575 g/mol. The second-order valence-electron chi connectivity index (χ2n) is 13.2. The monoisotopic (exact) mass is 624 g/mol. The fourth-order valence-corrected chi connectivity index (χ4v) is 5.21. The zero-order valence-electron chi connectivity index (χ0n) is 28.4. The molecule has 238 valence electrons. The van der Waals surface area contributed by atoms with Crippen LogP contribution < -0.4 is 34.7 Å². The Bertz CT molecular complexity index is 1380. The van der Waals surface area contributed by atoms with E-state index in [4.69, 9.17) is 23.7 Å². The maximum absolute atomic E-state index is 13.8. The Morgan fingerprint density at radius 1 is 0.511 bits per heavy atom. The molecular formula is C38H49NaO6. The minimum atomic E-state index is -0.215. The van der Waals surface area contributed by atoms with Crippen LogP contribution in [0.15, 0.2) is 66.7 Å². The van der Waals surface area contributed by atoms with Gasteiger partial charge in [-0.1, -0.05) is 108 Å². The maximum atomic E-state index is 13.8. The third-order valence-electron chi connectivity index (χ3n) is 7.66. The molecule has 45 heavy (non-hydrogen) atoms. The summed E-state index contributed by atoms with van der Waals surface area (Å²) >= 11 is 0. The first-order valence-corrected chi connectivity index (χ1v) is 15.7. The third kappa shape index (κ3) is 10.8. The van der Waals surface area contributed by atoms with Crippen LogP contribution in [0.2, 0.25) is 0 Å². The van der Waals surface area contributed by atoms with E-state index in [1.54, 1.807) is 0 Å². The largest absolute Gasteiger partial charge is 1.00 e. The summed E-state index contributed by atoms with van der Waals surface area (Å²) < 4.78 is 26.4. The van der Waals surface area contributed by atoms with Crippen LogP contribution in [0.25, 0.3) is 32.7 Å². The molecule has 0 radical (unpaired) electrons. The Labute approximate surface area is 291 Å². The smallest absolute Gasteiger partial charge is 0.872 e. The molecule has 0 aliphatic carbocycles. The van der Waals surface area contributed by atoms with Crippen molar-refractivity contribution in [1.29, 1.82) is 0 Å². The molecule has 0 aromatic heterocycles. The number of fused-ring (bicyclic) bond motifs is 2. The van der Waals surface area contributed by atoms with Crippen molar-refractivity contribution < 1.29 is 58.3 Å². The summed E-state index contributed by atoms with van der Waals surface area (Å²) in [5.74, 6) is 0.145. The van der Waals surface area contributed by atoms with Gasteiger partial charge in [0.2, 0.25) is 0 Å². The summed E-state index contributed by atoms with van der Waals surface area (Å²) in [5.41, 5.74) is 3.71. The summed E-state index contributed by atoms with van der Waals surface area (Å²) in [5, 5.41) is 18.4. The molecule has 0 spiro atoms. The molecule has 0 unspecified atom stereocenters. The quantitative estimate of drug-likeness (QED) is 0.231. The van der Waals surface area contributed by atoms with Crippen LogP contribution in [0, 0.1) is 0 Å². The van der Waals surface area contributed by atoms with Gasteiger partial charge in [-0.25, -0.2) is 0 Å². The molecule has 0 amide bonds. The van der Waals surface area contributed by atoms with Crippen LogP contribution in [0.5, 0.6) is 5.75 Å². The number of hydrogen-bond acceptors (Lipinski definition) is 6. The molecule has 0 bridgehead atoms. The molecule has 4 aromatic rings. The topological polar surface area (TPSA) is 69.2 Å². The van der Waals surface area contributed by atoms with Crippen molar-refractivity contribution in [2.24, 2.45) is 0 Å². The number of hydrogen-bond donors (Lipinski definition) is 0. The molecule has 0 saturated carbocycles. The van der Waals surface area contributed by atoms with E-state index in [0.29, 0.717) is 66.1 Å². The van der Waals surface area contributed by atoms with Crippen molar-refractivity contribution >= 4 is 21.5 Å². The summed E-state index contributed by atoms with van der Waals surface area (Å²) in [6, 6.07) is 23.3. The van der Waals surface area contributed by atoms with E-state index in [9.17, 15) is 5.11 Å². The van der Waals surface area contributed by atoms with Gasteiger partial charge in [0, 0.05) is 0 Å².